The van der Waals surface area contributed by atoms with Gasteiger partial charge < -0.3 is 15.4 Å². The van der Waals surface area contributed by atoms with Gasteiger partial charge in [-0.25, -0.2) is 9.97 Å². The Morgan fingerprint density at radius 1 is 1.00 bits per heavy atom. The average Bonchev–Trinajstić information content (AvgIpc) is 2.42. The van der Waals surface area contributed by atoms with E-state index in [-0.39, 0.29) is 0 Å². The Hall–Kier alpha value is -1.36. The molecule has 1 aromatic rings. The lowest BCUT2D eigenvalue weighted by Crippen LogP contribution is -2.13. The van der Waals surface area contributed by atoms with Gasteiger partial charge in [0.25, 0.3) is 0 Å². The number of anilines is 2. The molecule has 0 fully saturated rings. The Kier molecular flexibility index (Phi) is 7.89. The van der Waals surface area contributed by atoms with Crippen LogP contribution in [0.5, 0.6) is 0 Å². The Bertz CT molecular complexity index is 357. The standard InChI is InChI=1S/C14H26N4O/c1-4-7-12-17-13(15-8-5-2)11-14(18-12)16-9-10-19-6-3/h11H,4-10H2,1-3H3,(H2,15,16,17,18). The molecule has 0 bridgehead atoms. The van der Waals surface area contributed by atoms with Gasteiger partial charge in [-0.1, -0.05) is 13.8 Å². The molecule has 0 saturated carbocycles. The molecule has 1 heterocycles. The number of nitrogens with zero attached hydrogens (tertiary/aromatic N) is 2. The molecule has 0 aliphatic carbocycles. The van der Waals surface area contributed by atoms with E-state index in [2.05, 4.69) is 34.4 Å². The van der Waals surface area contributed by atoms with Crippen molar-refractivity contribution in [2.75, 3.05) is 36.9 Å². The third-order valence-corrected chi connectivity index (χ3v) is 2.56. The van der Waals surface area contributed by atoms with Crippen molar-refractivity contribution in [2.24, 2.45) is 0 Å². The first-order valence-corrected chi connectivity index (χ1v) is 7.23. The summed E-state index contributed by atoms with van der Waals surface area (Å²) in [7, 11) is 0. The van der Waals surface area contributed by atoms with Crippen LogP contribution >= 0.6 is 0 Å². The molecule has 0 atom stereocenters. The smallest absolute Gasteiger partial charge is 0.133 e. The number of rotatable bonds is 10. The zero-order valence-corrected chi connectivity index (χ0v) is 12.3. The number of aromatic nitrogens is 2. The molecule has 2 N–H and O–H groups in total. The van der Waals surface area contributed by atoms with Gasteiger partial charge in [-0.3, -0.25) is 0 Å². The van der Waals surface area contributed by atoms with Crippen molar-refractivity contribution in [3.8, 4) is 0 Å². The molecular formula is C14H26N4O. The van der Waals surface area contributed by atoms with Crippen molar-refractivity contribution in [3.63, 3.8) is 0 Å². The summed E-state index contributed by atoms with van der Waals surface area (Å²) in [5.74, 6) is 2.67. The zero-order valence-electron chi connectivity index (χ0n) is 12.3. The molecule has 0 radical (unpaired) electrons. The van der Waals surface area contributed by atoms with Gasteiger partial charge in [-0.15, -0.1) is 0 Å². The topological polar surface area (TPSA) is 59.1 Å². The van der Waals surface area contributed by atoms with Gasteiger partial charge in [-0.2, -0.15) is 0 Å². The first-order valence-electron chi connectivity index (χ1n) is 7.23. The lowest BCUT2D eigenvalue weighted by Gasteiger charge is -2.10. The van der Waals surface area contributed by atoms with Crippen LogP contribution in [0.2, 0.25) is 0 Å². The summed E-state index contributed by atoms with van der Waals surface area (Å²) >= 11 is 0. The normalized spacial score (nSPS) is 10.5. The van der Waals surface area contributed by atoms with E-state index in [1.54, 1.807) is 0 Å². The van der Waals surface area contributed by atoms with Gasteiger partial charge in [0, 0.05) is 32.2 Å². The second kappa shape index (κ2) is 9.55. The van der Waals surface area contributed by atoms with E-state index in [1.165, 1.54) is 0 Å². The van der Waals surface area contributed by atoms with Crippen LogP contribution in [0, 0.1) is 0 Å². The fraction of sp³-hybridized carbons (Fsp3) is 0.714. The summed E-state index contributed by atoms with van der Waals surface area (Å²) in [6.07, 6.45) is 3.04. The third kappa shape index (κ3) is 6.38. The summed E-state index contributed by atoms with van der Waals surface area (Å²) in [6, 6.07) is 1.96. The number of hydrogen-bond donors (Lipinski definition) is 2. The first-order chi connectivity index (χ1) is 9.30. The number of hydrogen-bond acceptors (Lipinski definition) is 5. The van der Waals surface area contributed by atoms with Crippen LogP contribution in [0.4, 0.5) is 11.6 Å². The molecule has 0 aliphatic heterocycles. The monoisotopic (exact) mass is 266 g/mol. The lowest BCUT2D eigenvalue weighted by atomic mass is 10.3. The third-order valence-electron chi connectivity index (χ3n) is 2.56. The van der Waals surface area contributed by atoms with Crippen molar-refractivity contribution in [1.82, 2.24) is 9.97 Å². The first kappa shape index (κ1) is 15.7. The highest BCUT2D eigenvalue weighted by Crippen LogP contribution is 2.12. The molecule has 0 amide bonds. The quantitative estimate of drug-likeness (QED) is 0.638. The van der Waals surface area contributed by atoms with Crippen LogP contribution in [-0.4, -0.2) is 36.3 Å². The maximum Gasteiger partial charge on any atom is 0.133 e. The van der Waals surface area contributed by atoms with Crippen LogP contribution in [0.25, 0.3) is 0 Å². The second-order valence-electron chi connectivity index (χ2n) is 4.36. The summed E-state index contributed by atoms with van der Waals surface area (Å²) in [6.45, 7) is 9.42. The van der Waals surface area contributed by atoms with Gasteiger partial charge in [0.1, 0.15) is 17.5 Å². The fourth-order valence-electron chi connectivity index (χ4n) is 1.66. The minimum absolute atomic E-state index is 0.696. The van der Waals surface area contributed by atoms with Crippen LogP contribution in [0.1, 0.15) is 39.4 Å². The van der Waals surface area contributed by atoms with E-state index in [1.807, 2.05) is 13.0 Å². The predicted molar refractivity (Wildman–Crippen MR) is 79.8 cm³/mol. The van der Waals surface area contributed by atoms with E-state index in [4.69, 9.17) is 4.74 Å². The summed E-state index contributed by atoms with van der Waals surface area (Å²) in [4.78, 5) is 9.02. The van der Waals surface area contributed by atoms with Gasteiger partial charge in [-0.05, 0) is 19.8 Å². The molecule has 0 saturated heterocycles. The Morgan fingerprint density at radius 2 is 1.68 bits per heavy atom. The molecule has 5 nitrogen and oxygen atoms in total. The molecule has 0 aliphatic rings. The molecule has 1 aromatic heterocycles. The molecule has 0 spiro atoms. The van der Waals surface area contributed by atoms with E-state index >= 15 is 0 Å². The van der Waals surface area contributed by atoms with Crippen molar-refractivity contribution in [2.45, 2.75) is 40.0 Å². The summed E-state index contributed by atoms with van der Waals surface area (Å²) < 4.78 is 5.31. The molecule has 0 aromatic carbocycles. The largest absolute Gasteiger partial charge is 0.380 e. The van der Waals surface area contributed by atoms with Crippen molar-refractivity contribution in [3.05, 3.63) is 11.9 Å². The SMILES string of the molecule is CCCNc1cc(NCCOCC)nc(CCC)n1. The number of ether oxygens (including phenoxy) is 1. The zero-order chi connectivity index (χ0) is 13.9. The van der Waals surface area contributed by atoms with Gasteiger partial charge in [0.2, 0.25) is 0 Å². The Morgan fingerprint density at radius 3 is 2.26 bits per heavy atom. The van der Waals surface area contributed by atoms with Crippen LogP contribution in [0.3, 0.4) is 0 Å². The molecule has 19 heavy (non-hydrogen) atoms. The Labute approximate surface area is 116 Å². The highest BCUT2D eigenvalue weighted by atomic mass is 16.5. The highest BCUT2D eigenvalue weighted by Gasteiger charge is 2.03. The van der Waals surface area contributed by atoms with E-state index in [0.717, 1.165) is 56.4 Å². The van der Waals surface area contributed by atoms with Crippen molar-refractivity contribution in [1.29, 1.82) is 0 Å². The number of nitrogens with one attached hydrogen (secondary N) is 2. The fourth-order valence-corrected chi connectivity index (χ4v) is 1.66. The minimum Gasteiger partial charge on any atom is -0.380 e. The van der Waals surface area contributed by atoms with Crippen LogP contribution in [0.15, 0.2) is 6.07 Å². The van der Waals surface area contributed by atoms with Crippen molar-refractivity contribution < 1.29 is 4.74 Å². The van der Waals surface area contributed by atoms with E-state index in [9.17, 15) is 0 Å². The van der Waals surface area contributed by atoms with Gasteiger partial charge in [0.15, 0.2) is 0 Å². The maximum atomic E-state index is 5.31. The molecule has 5 heteroatoms. The molecular weight excluding hydrogens is 240 g/mol. The Balaban J connectivity index is 2.63. The van der Waals surface area contributed by atoms with Crippen LogP contribution in [-0.2, 0) is 11.2 Å². The van der Waals surface area contributed by atoms with Gasteiger partial charge >= 0.3 is 0 Å². The second-order valence-corrected chi connectivity index (χ2v) is 4.36. The van der Waals surface area contributed by atoms with Crippen molar-refractivity contribution >= 4 is 11.6 Å². The maximum absolute atomic E-state index is 5.31. The molecule has 1 rings (SSSR count). The predicted octanol–water partition coefficient (Wildman–Crippen LogP) is 2.70. The van der Waals surface area contributed by atoms with Crippen LogP contribution < -0.4 is 10.6 Å². The summed E-state index contributed by atoms with van der Waals surface area (Å²) in [5.41, 5.74) is 0. The van der Waals surface area contributed by atoms with E-state index in [0.29, 0.717) is 6.61 Å². The summed E-state index contributed by atoms with van der Waals surface area (Å²) in [5, 5.41) is 6.59. The number of aryl methyl sites for hydroxylation is 1. The van der Waals surface area contributed by atoms with Gasteiger partial charge in [0.05, 0.1) is 6.61 Å². The average molecular weight is 266 g/mol. The lowest BCUT2D eigenvalue weighted by molar-refractivity contribution is 0.158. The molecule has 108 valence electrons. The minimum atomic E-state index is 0.696. The van der Waals surface area contributed by atoms with E-state index < -0.39 is 0 Å². The highest BCUT2D eigenvalue weighted by molar-refractivity contribution is 5.47. The molecule has 0 unspecified atom stereocenters.